The molecule has 2 aromatic carbocycles. The fraction of sp³-hybridized carbons (Fsp3) is 0.333. The molecule has 3 aromatic rings. The Bertz CT molecular complexity index is 1010. The third-order valence-corrected chi connectivity index (χ3v) is 5.22. The number of carboxylic acid groups (broad SMARTS) is 1. The molecule has 0 aliphatic heterocycles. The quantitative estimate of drug-likeness (QED) is 0.406. The van der Waals surface area contributed by atoms with Gasteiger partial charge in [-0.1, -0.05) is 37.1 Å². The average Bonchev–Trinajstić information content (AvgIpc) is 3.13. The minimum atomic E-state index is -0.812. The second-order valence-corrected chi connectivity index (χ2v) is 8.03. The van der Waals surface area contributed by atoms with Gasteiger partial charge in [-0.2, -0.15) is 5.10 Å². The number of carboxylic acids is 1. The third-order valence-electron chi connectivity index (χ3n) is 5.02. The number of nitrogens with one attached hydrogen (secondary N) is 1. The van der Waals surface area contributed by atoms with Gasteiger partial charge < -0.3 is 15.2 Å². The van der Waals surface area contributed by atoms with Crippen LogP contribution < -0.4 is 10.1 Å². The minimum Gasteiger partial charge on any atom is -0.486 e. The maximum atomic E-state index is 10.7. The normalized spacial score (nSPS) is 11.9. The molecule has 164 valence electrons. The summed E-state index contributed by atoms with van der Waals surface area (Å²) in [4.78, 5) is 10.7. The topological polar surface area (TPSA) is 76.4 Å². The van der Waals surface area contributed by atoms with E-state index in [-0.39, 0.29) is 12.5 Å². The summed E-state index contributed by atoms with van der Waals surface area (Å²) in [6, 6.07) is 12.0. The molecular formula is C24H28ClN3O3. The van der Waals surface area contributed by atoms with Crippen LogP contribution in [0, 0.1) is 13.8 Å². The maximum Gasteiger partial charge on any atom is 0.305 e. The van der Waals surface area contributed by atoms with E-state index < -0.39 is 5.97 Å². The first kappa shape index (κ1) is 22.7. The highest BCUT2D eigenvalue weighted by atomic mass is 35.5. The van der Waals surface area contributed by atoms with Crippen LogP contribution in [0.5, 0.6) is 5.75 Å². The van der Waals surface area contributed by atoms with Gasteiger partial charge in [0.05, 0.1) is 23.3 Å². The third kappa shape index (κ3) is 6.01. The number of carbonyl (C=O) groups is 1. The highest BCUT2D eigenvalue weighted by Crippen LogP contribution is 2.31. The number of rotatable bonds is 10. The first-order chi connectivity index (χ1) is 14.9. The first-order valence-corrected chi connectivity index (χ1v) is 10.8. The zero-order chi connectivity index (χ0) is 22.4. The van der Waals surface area contributed by atoms with Crippen LogP contribution in [-0.4, -0.2) is 27.4 Å². The number of halogens is 1. The number of anilines is 1. The monoisotopic (exact) mass is 441 g/mol. The van der Waals surface area contributed by atoms with Gasteiger partial charge in [-0.05, 0) is 61.2 Å². The number of nitrogens with zero attached hydrogens (tertiary/aromatic N) is 2. The highest BCUT2D eigenvalue weighted by molar-refractivity contribution is 6.30. The number of ether oxygens (including phenoxy) is 1. The van der Waals surface area contributed by atoms with E-state index in [1.807, 2.05) is 50.2 Å². The molecule has 1 atom stereocenters. The number of aromatic nitrogens is 2. The van der Waals surface area contributed by atoms with Gasteiger partial charge in [-0.3, -0.25) is 4.79 Å². The molecule has 0 aliphatic rings. The lowest BCUT2D eigenvalue weighted by molar-refractivity contribution is -0.136. The lowest BCUT2D eigenvalue weighted by Crippen LogP contribution is -2.10. The Kier molecular flexibility index (Phi) is 7.58. The highest BCUT2D eigenvalue weighted by Gasteiger charge is 2.15. The van der Waals surface area contributed by atoms with E-state index in [0.29, 0.717) is 11.6 Å². The predicted octanol–water partition coefficient (Wildman–Crippen LogP) is 5.95. The summed E-state index contributed by atoms with van der Waals surface area (Å²) in [5.74, 6) is 0.00639. The summed E-state index contributed by atoms with van der Waals surface area (Å²) in [6.07, 6.45) is 5.32. The van der Waals surface area contributed by atoms with E-state index in [1.165, 1.54) is 0 Å². The van der Waals surface area contributed by atoms with Crippen LogP contribution in [0.1, 0.15) is 49.0 Å². The number of aryl methyl sites for hydroxylation is 2. The molecular weight excluding hydrogens is 414 g/mol. The Balaban J connectivity index is 1.76. The Morgan fingerprint density at radius 3 is 2.45 bits per heavy atom. The van der Waals surface area contributed by atoms with Crippen molar-refractivity contribution in [2.75, 3.05) is 11.9 Å². The summed E-state index contributed by atoms with van der Waals surface area (Å²) in [6.45, 7) is 6.61. The van der Waals surface area contributed by atoms with Crippen LogP contribution in [0.15, 0.2) is 48.8 Å². The van der Waals surface area contributed by atoms with Gasteiger partial charge in [-0.25, -0.2) is 4.68 Å². The van der Waals surface area contributed by atoms with Gasteiger partial charge >= 0.3 is 5.97 Å². The molecule has 31 heavy (non-hydrogen) atoms. The van der Waals surface area contributed by atoms with Crippen molar-refractivity contribution >= 4 is 23.3 Å². The zero-order valence-electron chi connectivity index (χ0n) is 18.1. The van der Waals surface area contributed by atoms with Gasteiger partial charge in [0.2, 0.25) is 0 Å². The van der Waals surface area contributed by atoms with Crippen LogP contribution in [-0.2, 0) is 4.79 Å². The van der Waals surface area contributed by atoms with Crippen LogP contribution in [0.3, 0.4) is 0 Å². The standard InChI is InChI=1S/C24H28ClN3O3/c1-4-5-22(18-6-8-20(9-7-18)26-11-10-23(29)30)31-21-12-16(2)24(17(3)13-21)28-15-19(25)14-27-28/h6-9,12-15,22,26H,4-5,10-11H2,1-3H3,(H,29,30). The van der Waals surface area contributed by atoms with Crippen molar-refractivity contribution < 1.29 is 14.6 Å². The summed E-state index contributed by atoms with van der Waals surface area (Å²) < 4.78 is 8.19. The number of aliphatic carboxylic acids is 1. The van der Waals surface area contributed by atoms with Gasteiger partial charge in [0.15, 0.2) is 0 Å². The van der Waals surface area contributed by atoms with E-state index in [9.17, 15) is 4.79 Å². The van der Waals surface area contributed by atoms with Crippen LogP contribution >= 0.6 is 11.6 Å². The molecule has 0 amide bonds. The Labute approximate surface area is 187 Å². The van der Waals surface area contributed by atoms with Gasteiger partial charge in [-0.15, -0.1) is 0 Å². The van der Waals surface area contributed by atoms with E-state index in [2.05, 4.69) is 17.3 Å². The van der Waals surface area contributed by atoms with Gasteiger partial charge in [0.1, 0.15) is 11.9 Å². The molecule has 0 bridgehead atoms. The molecule has 0 saturated heterocycles. The smallest absolute Gasteiger partial charge is 0.305 e. The molecule has 6 nitrogen and oxygen atoms in total. The molecule has 2 N–H and O–H groups in total. The van der Waals surface area contributed by atoms with Crippen molar-refractivity contribution in [2.24, 2.45) is 0 Å². The zero-order valence-corrected chi connectivity index (χ0v) is 18.8. The summed E-state index contributed by atoms with van der Waals surface area (Å²) >= 11 is 6.03. The Hall–Kier alpha value is -2.99. The lowest BCUT2D eigenvalue weighted by Gasteiger charge is -2.21. The summed E-state index contributed by atoms with van der Waals surface area (Å²) in [7, 11) is 0. The molecule has 0 saturated carbocycles. The van der Waals surface area contributed by atoms with Crippen molar-refractivity contribution in [3.63, 3.8) is 0 Å². The fourth-order valence-corrected chi connectivity index (χ4v) is 3.75. The molecule has 1 unspecified atom stereocenters. The van der Waals surface area contributed by atoms with Crippen molar-refractivity contribution in [1.82, 2.24) is 9.78 Å². The molecule has 1 heterocycles. The number of benzene rings is 2. The fourth-order valence-electron chi connectivity index (χ4n) is 3.62. The van der Waals surface area contributed by atoms with E-state index in [0.717, 1.165) is 46.7 Å². The van der Waals surface area contributed by atoms with Crippen molar-refractivity contribution in [3.05, 3.63) is 70.5 Å². The molecule has 0 aliphatic carbocycles. The summed E-state index contributed by atoms with van der Waals surface area (Å²) in [5, 5.41) is 16.8. The largest absolute Gasteiger partial charge is 0.486 e. The molecule has 1 aromatic heterocycles. The van der Waals surface area contributed by atoms with Crippen molar-refractivity contribution in [1.29, 1.82) is 0 Å². The second-order valence-electron chi connectivity index (χ2n) is 7.60. The molecule has 0 fully saturated rings. The Morgan fingerprint density at radius 2 is 1.90 bits per heavy atom. The Morgan fingerprint density at radius 1 is 1.23 bits per heavy atom. The number of hydrogen-bond donors (Lipinski definition) is 2. The second kappa shape index (κ2) is 10.4. The van der Waals surface area contributed by atoms with Crippen LogP contribution in [0.2, 0.25) is 5.02 Å². The van der Waals surface area contributed by atoms with E-state index >= 15 is 0 Å². The van der Waals surface area contributed by atoms with Crippen molar-refractivity contribution in [2.45, 2.75) is 46.1 Å². The summed E-state index contributed by atoms with van der Waals surface area (Å²) in [5.41, 5.74) is 5.10. The van der Waals surface area contributed by atoms with Gasteiger partial charge in [0.25, 0.3) is 0 Å². The SMILES string of the molecule is CCCC(Oc1cc(C)c(-n2cc(Cl)cn2)c(C)c1)c1ccc(NCCC(=O)O)cc1. The molecule has 3 rings (SSSR count). The molecule has 7 heteroatoms. The van der Waals surface area contributed by atoms with E-state index in [4.69, 9.17) is 21.4 Å². The minimum absolute atomic E-state index is 0.0677. The maximum absolute atomic E-state index is 10.7. The van der Waals surface area contributed by atoms with Crippen molar-refractivity contribution in [3.8, 4) is 11.4 Å². The first-order valence-electron chi connectivity index (χ1n) is 10.4. The van der Waals surface area contributed by atoms with Crippen LogP contribution in [0.25, 0.3) is 5.69 Å². The lowest BCUT2D eigenvalue weighted by atomic mass is 10.0. The number of hydrogen-bond acceptors (Lipinski definition) is 4. The molecule has 0 radical (unpaired) electrons. The average molecular weight is 442 g/mol. The van der Waals surface area contributed by atoms with Crippen LogP contribution in [0.4, 0.5) is 5.69 Å². The van der Waals surface area contributed by atoms with E-state index in [1.54, 1.807) is 17.1 Å². The predicted molar refractivity (Wildman–Crippen MR) is 124 cm³/mol. The molecule has 0 spiro atoms. The van der Waals surface area contributed by atoms with Gasteiger partial charge in [0, 0.05) is 18.4 Å².